The molecule has 0 N–H and O–H groups in total. The van der Waals surface area contributed by atoms with Crippen molar-refractivity contribution in [2.45, 2.75) is 39.8 Å². The maximum Gasteiger partial charge on any atom is 0.228 e. The van der Waals surface area contributed by atoms with E-state index in [0.29, 0.717) is 18.5 Å². The summed E-state index contributed by atoms with van der Waals surface area (Å²) in [6, 6.07) is 2.21. The zero-order valence-corrected chi connectivity index (χ0v) is 15.4. The maximum atomic E-state index is 5.49. The van der Waals surface area contributed by atoms with Crippen molar-refractivity contribution < 1.29 is 4.74 Å². The number of rotatable bonds is 6. The smallest absolute Gasteiger partial charge is 0.228 e. The molecular weight excluding hydrogens is 316 g/mol. The van der Waals surface area contributed by atoms with Crippen molar-refractivity contribution in [3.8, 4) is 5.88 Å². The van der Waals surface area contributed by atoms with E-state index in [4.69, 9.17) is 4.74 Å². The molecule has 0 aliphatic carbocycles. The average Bonchev–Trinajstić information content (AvgIpc) is 2.94. The van der Waals surface area contributed by atoms with E-state index in [1.165, 1.54) is 5.56 Å². The lowest BCUT2D eigenvalue weighted by molar-refractivity contribution is 0.285. The minimum atomic E-state index is 0.406. The molecule has 0 saturated carbocycles. The lowest BCUT2D eigenvalue weighted by Gasteiger charge is -2.21. The third-order valence-corrected chi connectivity index (χ3v) is 4.37. The van der Waals surface area contributed by atoms with Crippen LogP contribution in [0.1, 0.15) is 38.8 Å². The zero-order chi connectivity index (χ0) is 17.6. The molecule has 25 heavy (non-hydrogen) atoms. The first-order valence-electron chi connectivity index (χ1n) is 9.12. The predicted octanol–water partition coefficient (Wildman–Crippen LogP) is 2.37. The number of ether oxygens (including phenoxy) is 1. The highest BCUT2D eigenvalue weighted by Crippen LogP contribution is 2.16. The fourth-order valence-electron chi connectivity index (χ4n) is 3.04. The number of anilines is 1. The molecule has 3 heterocycles. The highest BCUT2D eigenvalue weighted by atomic mass is 16.5. The van der Waals surface area contributed by atoms with E-state index in [9.17, 15) is 0 Å². The summed E-state index contributed by atoms with van der Waals surface area (Å²) >= 11 is 0. The van der Waals surface area contributed by atoms with E-state index in [-0.39, 0.29) is 0 Å². The quantitative estimate of drug-likeness (QED) is 0.802. The largest absolute Gasteiger partial charge is 0.478 e. The molecule has 1 fully saturated rings. The first-order chi connectivity index (χ1) is 12.2. The Morgan fingerprint density at radius 2 is 2.08 bits per heavy atom. The Morgan fingerprint density at radius 1 is 1.20 bits per heavy atom. The van der Waals surface area contributed by atoms with Gasteiger partial charge in [-0.25, -0.2) is 4.98 Å². The first-order valence-corrected chi connectivity index (χ1v) is 9.12. The fraction of sp³-hybridized carbons (Fsp3) is 0.611. The van der Waals surface area contributed by atoms with Gasteiger partial charge in [-0.2, -0.15) is 10.1 Å². The molecule has 1 saturated heterocycles. The summed E-state index contributed by atoms with van der Waals surface area (Å²) in [5, 5.41) is 4.44. The molecule has 0 spiro atoms. The summed E-state index contributed by atoms with van der Waals surface area (Å²) in [5.74, 6) is 1.41. The minimum absolute atomic E-state index is 0.406. The number of aromatic nitrogens is 4. The van der Waals surface area contributed by atoms with Gasteiger partial charge in [-0.1, -0.05) is 0 Å². The van der Waals surface area contributed by atoms with Gasteiger partial charge in [0.1, 0.15) is 0 Å². The van der Waals surface area contributed by atoms with Crippen LogP contribution in [-0.4, -0.2) is 57.4 Å². The van der Waals surface area contributed by atoms with Crippen LogP contribution in [0.15, 0.2) is 24.7 Å². The monoisotopic (exact) mass is 344 g/mol. The second-order valence-corrected chi connectivity index (χ2v) is 6.67. The topological polar surface area (TPSA) is 59.3 Å². The lowest BCUT2D eigenvalue weighted by Crippen LogP contribution is -2.31. The first kappa shape index (κ1) is 17.7. The van der Waals surface area contributed by atoms with Crippen LogP contribution in [0, 0.1) is 0 Å². The van der Waals surface area contributed by atoms with Crippen LogP contribution < -0.4 is 9.64 Å². The summed E-state index contributed by atoms with van der Waals surface area (Å²) in [6.45, 7) is 11.8. The molecule has 0 aromatic carbocycles. The van der Waals surface area contributed by atoms with Crippen molar-refractivity contribution in [2.75, 3.05) is 37.7 Å². The average molecular weight is 344 g/mol. The molecular formula is C18H28N6O. The molecule has 2 aromatic heterocycles. The Labute approximate surface area is 149 Å². The molecule has 7 nitrogen and oxygen atoms in total. The molecule has 0 atom stereocenters. The van der Waals surface area contributed by atoms with Crippen LogP contribution in [0.5, 0.6) is 5.88 Å². The third kappa shape index (κ3) is 4.69. The molecule has 136 valence electrons. The molecule has 1 aliphatic rings. The molecule has 0 radical (unpaired) electrons. The molecule has 0 bridgehead atoms. The van der Waals surface area contributed by atoms with Crippen molar-refractivity contribution >= 4 is 5.95 Å². The Balaban J connectivity index is 1.59. The molecule has 3 rings (SSSR count). The summed E-state index contributed by atoms with van der Waals surface area (Å²) in [6.07, 6.45) is 7.01. The zero-order valence-electron chi connectivity index (χ0n) is 15.4. The number of nitrogens with zero attached hydrogens (tertiary/aromatic N) is 6. The highest BCUT2D eigenvalue weighted by Gasteiger charge is 2.18. The van der Waals surface area contributed by atoms with Crippen LogP contribution in [0.2, 0.25) is 0 Å². The Hall–Kier alpha value is -2.15. The lowest BCUT2D eigenvalue weighted by atomic mass is 10.3. The van der Waals surface area contributed by atoms with E-state index in [2.05, 4.69) is 44.9 Å². The van der Waals surface area contributed by atoms with Crippen LogP contribution in [0.3, 0.4) is 0 Å². The predicted molar refractivity (Wildman–Crippen MR) is 97.9 cm³/mol. The summed E-state index contributed by atoms with van der Waals surface area (Å²) < 4.78 is 7.51. The van der Waals surface area contributed by atoms with Crippen LogP contribution in [-0.2, 0) is 6.54 Å². The van der Waals surface area contributed by atoms with Gasteiger partial charge in [-0.05, 0) is 27.2 Å². The standard InChI is InChI=1S/C18H28N6O/c1-4-25-17-6-7-19-18(21-17)23-9-5-8-22(10-11-23)13-16-12-20-24(14-16)15(2)3/h6-7,12,14-15H,4-5,8-11,13H2,1-3H3. The third-order valence-electron chi connectivity index (χ3n) is 4.37. The van der Waals surface area contributed by atoms with Gasteiger partial charge in [0.15, 0.2) is 0 Å². The van der Waals surface area contributed by atoms with Crippen molar-refractivity contribution in [1.29, 1.82) is 0 Å². The maximum absolute atomic E-state index is 5.49. The van der Waals surface area contributed by atoms with Crippen molar-refractivity contribution in [3.05, 3.63) is 30.2 Å². The summed E-state index contributed by atoms with van der Waals surface area (Å²) in [4.78, 5) is 13.7. The SMILES string of the molecule is CCOc1ccnc(N2CCCN(Cc3cnn(C(C)C)c3)CC2)n1. The van der Waals surface area contributed by atoms with Gasteiger partial charge >= 0.3 is 0 Å². The van der Waals surface area contributed by atoms with Gasteiger partial charge in [0.25, 0.3) is 0 Å². The van der Waals surface area contributed by atoms with Gasteiger partial charge in [0, 0.05) is 62.8 Å². The molecule has 1 aliphatic heterocycles. The summed E-state index contributed by atoms with van der Waals surface area (Å²) in [7, 11) is 0. The Bertz CT molecular complexity index is 671. The van der Waals surface area contributed by atoms with Gasteiger partial charge in [0.2, 0.25) is 11.8 Å². The van der Waals surface area contributed by atoms with Crippen LogP contribution >= 0.6 is 0 Å². The molecule has 7 heteroatoms. The van der Waals surface area contributed by atoms with Crippen molar-refractivity contribution in [3.63, 3.8) is 0 Å². The molecule has 2 aromatic rings. The second-order valence-electron chi connectivity index (χ2n) is 6.67. The van der Waals surface area contributed by atoms with Gasteiger partial charge < -0.3 is 9.64 Å². The van der Waals surface area contributed by atoms with Gasteiger partial charge in [-0.15, -0.1) is 0 Å². The Morgan fingerprint density at radius 3 is 2.84 bits per heavy atom. The van der Waals surface area contributed by atoms with E-state index in [0.717, 1.165) is 45.1 Å². The van der Waals surface area contributed by atoms with E-state index >= 15 is 0 Å². The van der Waals surface area contributed by atoms with Crippen molar-refractivity contribution in [1.82, 2.24) is 24.6 Å². The van der Waals surface area contributed by atoms with Gasteiger partial charge in [-0.3, -0.25) is 9.58 Å². The number of hydrogen-bond donors (Lipinski definition) is 0. The minimum Gasteiger partial charge on any atom is -0.478 e. The fourth-order valence-corrected chi connectivity index (χ4v) is 3.04. The van der Waals surface area contributed by atoms with E-state index < -0.39 is 0 Å². The van der Waals surface area contributed by atoms with Crippen LogP contribution in [0.4, 0.5) is 5.95 Å². The highest BCUT2D eigenvalue weighted by molar-refractivity contribution is 5.32. The Kier molecular flexibility index (Phi) is 5.86. The number of hydrogen-bond acceptors (Lipinski definition) is 6. The second kappa shape index (κ2) is 8.29. The van der Waals surface area contributed by atoms with Gasteiger partial charge in [0.05, 0.1) is 12.8 Å². The normalized spacial score (nSPS) is 16.2. The van der Waals surface area contributed by atoms with E-state index in [1.54, 1.807) is 6.20 Å². The molecule has 0 amide bonds. The van der Waals surface area contributed by atoms with Crippen molar-refractivity contribution in [2.24, 2.45) is 0 Å². The van der Waals surface area contributed by atoms with E-state index in [1.807, 2.05) is 23.9 Å². The summed E-state index contributed by atoms with van der Waals surface area (Å²) in [5.41, 5.74) is 1.27. The molecule has 0 unspecified atom stereocenters. The van der Waals surface area contributed by atoms with Crippen LogP contribution in [0.25, 0.3) is 0 Å².